The third kappa shape index (κ3) is 19.0. The number of unbranched alkanes of at least 4 members (excludes halogenated alkanes) is 10. The molecule has 0 N–H and O–H groups in total. The van der Waals surface area contributed by atoms with E-state index in [1.807, 2.05) is 6.92 Å². The van der Waals surface area contributed by atoms with E-state index in [0.29, 0.717) is 13.0 Å². The molecule has 0 saturated carbocycles. The lowest BCUT2D eigenvalue weighted by molar-refractivity contribution is -0.143. The van der Waals surface area contributed by atoms with Gasteiger partial charge in [-0.3, -0.25) is 4.79 Å². The van der Waals surface area contributed by atoms with Gasteiger partial charge in [0.1, 0.15) is 0 Å². The van der Waals surface area contributed by atoms with Crippen molar-refractivity contribution in [3.8, 4) is 0 Å². The molecule has 0 aromatic carbocycles. The highest BCUT2D eigenvalue weighted by atomic mass is 16.5. The third-order valence-corrected chi connectivity index (χ3v) is 4.14. The lowest BCUT2D eigenvalue weighted by atomic mass is 10.1. The number of carbonyl (C=O) groups excluding carboxylic acids is 1. The second kappa shape index (κ2) is 20.0. The molecular formula is C22H40O2. The van der Waals surface area contributed by atoms with Gasteiger partial charge in [-0.15, -0.1) is 0 Å². The van der Waals surface area contributed by atoms with Crippen LogP contribution in [0, 0.1) is 0 Å². The van der Waals surface area contributed by atoms with Crippen LogP contribution in [-0.4, -0.2) is 12.6 Å². The first-order valence-electron chi connectivity index (χ1n) is 10.3. The zero-order valence-corrected chi connectivity index (χ0v) is 16.2. The minimum atomic E-state index is -0.0508. The van der Waals surface area contributed by atoms with Crippen LogP contribution >= 0.6 is 0 Å². The van der Waals surface area contributed by atoms with Gasteiger partial charge in [-0.2, -0.15) is 0 Å². The molecule has 0 spiro atoms. The predicted octanol–water partition coefficient (Wildman–Crippen LogP) is 7.14. The molecule has 0 amide bonds. The van der Waals surface area contributed by atoms with Gasteiger partial charge in [-0.05, 0) is 45.4 Å². The maximum atomic E-state index is 11.2. The molecule has 0 bridgehead atoms. The third-order valence-electron chi connectivity index (χ3n) is 4.14. The molecule has 0 radical (unpaired) electrons. The number of allylic oxidation sites excluding steroid dienone is 4. The summed E-state index contributed by atoms with van der Waals surface area (Å²) < 4.78 is 4.91. The van der Waals surface area contributed by atoms with Crippen LogP contribution in [0.3, 0.4) is 0 Å². The van der Waals surface area contributed by atoms with E-state index in [4.69, 9.17) is 4.74 Å². The quantitative estimate of drug-likeness (QED) is 0.160. The van der Waals surface area contributed by atoms with Gasteiger partial charge in [0.2, 0.25) is 0 Å². The van der Waals surface area contributed by atoms with Gasteiger partial charge in [-0.1, -0.05) is 76.2 Å². The van der Waals surface area contributed by atoms with E-state index in [1.54, 1.807) is 0 Å². The molecule has 24 heavy (non-hydrogen) atoms. The number of rotatable bonds is 17. The van der Waals surface area contributed by atoms with Crippen LogP contribution in [0.1, 0.15) is 104 Å². The summed E-state index contributed by atoms with van der Waals surface area (Å²) >= 11 is 0. The second-order valence-corrected chi connectivity index (χ2v) is 6.49. The average Bonchev–Trinajstić information content (AvgIpc) is 2.58. The van der Waals surface area contributed by atoms with E-state index >= 15 is 0 Å². The van der Waals surface area contributed by atoms with Gasteiger partial charge in [0, 0.05) is 6.42 Å². The number of esters is 1. The van der Waals surface area contributed by atoms with E-state index in [0.717, 1.165) is 25.7 Å². The molecule has 0 unspecified atom stereocenters. The molecule has 0 aliphatic rings. The second-order valence-electron chi connectivity index (χ2n) is 6.49. The zero-order chi connectivity index (χ0) is 17.7. The molecule has 0 aromatic heterocycles. The van der Waals surface area contributed by atoms with Crippen LogP contribution in [0.4, 0.5) is 0 Å². The average molecular weight is 337 g/mol. The molecule has 0 aliphatic heterocycles. The number of ether oxygens (including phenoxy) is 1. The predicted molar refractivity (Wildman–Crippen MR) is 105 cm³/mol. The van der Waals surface area contributed by atoms with Gasteiger partial charge >= 0.3 is 5.97 Å². The first kappa shape index (κ1) is 22.9. The van der Waals surface area contributed by atoms with Crippen LogP contribution < -0.4 is 0 Å². The highest BCUT2D eigenvalue weighted by Gasteiger charge is 1.99. The van der Waals surface area contributed by atoms with Crippen molar-refractivity contribution in [1.29, 1.82) is 0 Å². The minimum Gasteiger partial charge on any atom is -0.466 e. The Kier molecular flexibility index (Phi) is 19.1. The van der Waals surface area contributed by atoms with E-state index in [-0.39, 0.29) is 5.97 Å². The molecule has 0 heterocycles. The molecule has 140 valence electrons. The van der Waals surface area contributed by atoms with Crippen molar-refractivity contribution in [3.63, 3.8) is 0 Å². The first-order valence-corrected chi connectivity index (χ1v) is 10.3. The van der Waals surface area contributed by atoms with Crippen molar-refractivity contribution in [2.75, 3.05) is 6.61 Å². The maximum absolute atomic E-state index is 11.2. The molecule has 0 aliphatic carbocycles. The Morgan fingerprint density at radius 2 is 1.25 bits per heavy atom. The van der Waals surface area contributed by atoms with Crippen LogP contribution in [0.5, 0.6) is 0 Å². The SMILES string of the molecule is CCCCCCCCC=CCC=CCCCCCCC(=O)OCC. The number of hydrogen-bond acceptors (Lipinski definition) is 2. The summed E-state index contributed by atoms with van der Waals surface area (Å²) in [6, 6.07) is 0. The van der Waals surface area contributed by atoms with E-state index < -0.39 is 0 Å². The van der Waals surface area contributed by atoms with Crippen LogP contribution in [0.2, 0.25) is 0 Å². The normalized spacial score (nSPS) is 11.6. The largest absolute Gasteiger partial charge is 0.466 e. The van der Waals surface area contributed by atoms with Crippen molar-refractivity contribution in [3.05, 3.63) is 24.3 Å². The van der Waals surface area contributed by atoms with Gasteiger partial charge in [-0.25, -0.2) is 0 Å². The first-order chi connectivity index (χ1) is 11.8. The molecule has 0 saturated heterocycles. The van der Waals surface area contributed by atoms with E-state index in [9.17, 15) is 4.79 Å². The van der Waals surface area contributed by atoms with Gasteiger partial charge in [0.25, 0.3) is 0 Å². The summed E-state index contributed by atoms with van der Waals surface area (Å²) in [4.78, 5) is 11.2. The van der Waals surface area contributed by atoms with E-state index in [2.05, 4.69) is 31.2 Å². The van der Waals surface area contributed by atoms with Gasteiger partial charge < -0.3 is 4.74 Å². The molecule has 0 aromatic rings. The Balaban J connectivity index is 3.23. The van der Waals surface area contributed by atoms with Crippen molar-refractivity contribution >= 4 is 5.97 Å². The standard InChI is InChI=1S/C22H40O2/c1-3-5-6-7-8-9-10-11-12-13-14-15-16-17-18-19-20-21-22(23)24-4-2/h11-12,14-15H,3-10,13,16-21H2,1-2H3. The summed E-state index contributed by atoms with van der Waals surface area (Å²) in [6.45, 7) is 4.62. The van der Waals surface area contributed by atoms with Gasteiger partial charge in [0.05, 0.1) is 6.61 Å². The van der Waals surface area contributed by atoms with Crippen molar-refractivity contribution in [2.24, 2.45) is 0 Å². The Labute approximate surface area is 150 Å². The summed E-state index contributed by atoms with van der Waals surface area (Å²) in [6.07, 6.45) is 26.0. The van der Waals surface area contributed by atoms with Crippen LogP contribution in [0.15, 0.2) is 24.3 Å². The fraction of sp³-hybridized carbons (Fsp3) is 0.773. The molecule has 0 atom stereocenters. The van der Waals surface area contributed by atoms with Gasteiger partial charge in [0.15, 0.2) is 0 Å². The smallest absolute Gasteiger partial charge is 0.305 e. The Morgan fingerprint density at radius 1 is 0.708 bits per heavy atom. The molecule has 0 fully saturated rings. The maximum Gasteiger partial charge on any atom is 0.305 e. The molecule has 2 nitrogen and oxygen atoms in total. The molecule has 2 heteroatoms. The lowest BCUT2D eigenvalue weighted by Gasteiger charge is -2.01. The summed E-state index contributed by atoms with van der Waals surface area (Å²) in [5.41, 5.74) is 0. The summed E-state index contributed by atoms with van der Waals surface area (Å²) in [5, 5.41) is 0. The summed E-state index contributed by atoms with van der Waals surface area (Å²) in [5.74, 6) is -0.0508. The molecule has 0 rings (SSSR count). The fourth-order valence-electron chi connectivity index (χ4n) is 2.67. The Bertz CT molecular complexity index is 318. The minimum absolute atomic E-state index is 0.0508. The lowest BCUT2D eigenvalue weighted by Crippen LogP contribution is -2.02. The van der Waals surface area contributed by atoms with Crippen LogP contribution in [-0.2, 0) is 9.53 Å². The Hall–Kier alpha value is -1.05. The fourth-order valence-corrected chi connectivity index (χ4v) is 2.67. The van der Waals surface area contributed by atoms with E-state index in [1.165, 1.54) is 57.8 Å². The topological polar surface area (TPSA) is 26.3 Å². The zero-order valence-electron chi connectivity index (χ0n) is 16.2. The van der Waals surface area contributed by atoms with Crippen LogP contribution in [0.25, 0.3) is 0 Å². The highest BCUT2D eigenvalue weighted by molar-refractivity contribution is 5.69. The Morgan fingerprint density at radius 3 is 1.83 bits per heavy atom. The molecular weight excluding hydrogens is 296 g/mol. The van der Waals surface area contributed by atoms with Crippen molar-refractivity contribution in [1.82, 2.24) is 0 Å². The monoisotopic (exact) mass is 336 g/mol. The number of hydrogen-bond donors (Lipinski definition) is 0. The van der Waals surface area contributed by atoms with Crippen molar-refractivity contribution < 1.29 is 9.53 Å². The number of carbonyl (C=O) groups is 1. The highest BCUT2D eigenvalue weighted by Crippen LogP contribution is 2.08. The van der Waals surface area contributed by atoms with Crippen molar-refractivity contribution in [2.45, 2.75) is 104 Å². The summed E-state index contributed by atoms with van der Waals surface area (Å²) in [7, 11) is 0.